The lowest BCUT2D eigenvalue weighted by molar-refractivity contribution is 0.0988. The van der Waals surface area contributed by atoms with Crippen LogP contribution in [-0.2, 0) is 6.54 Å². The van der Waals surface area contributed by atoms with Crippen LogP contribution in [0.4, 0.5) is 5.82 Å². The SMILES string of the molecule is COc1ccc(CN(C(=O)c2sc3ccccc3c2Cl)c2ccccn2)cc1. The zero-order chi connectivity index (χ0) is 19.5. The van der Waals surface area contributed by atoms with Crippen LogP contribution in [0.3, 0.4) is 0 Å². The van der Waals surface area contributed by atoms with E-state index in [0.29, 0.717) is 22.3 Å². The largest absolute Gasteiger partial charge is 0.497 e. The first-order valence-corrected chi connectivity index (χ1v) is 9.89. The van der Waals surface area contributed by atoms with E-state index in [-0.39, 0.29) is 5.91 Å². The molecule has 0 bridgehead atoms. The summed E-state index contributed by atoms with van der Waals surface area (Å²) < 4.78 is 6.20. The number of ether oxygens (including phenoxy) is 1. The van der Waals surface area contributed by atoms with Gasteiger partial charge in [-0.25, -0.2) is 4.98 Å². The van der Waals surface area contributed by atoms with E-state index < -0.39 is 0 Å². The molecule has 4 aromatic rings. The minimum atomic E-state index is -0.166. The van der Waals surface area contributed by atoms with E-state index in [1.807, 2.05) is 66.7 Å². The second kappa shape index (κ2) is 8.00. The van der Waals surface area contributed by atoms with Crippen LogP contribution in [-0.4, -0.2) is 18.0 Å². The van der Waals surface area contributed by atoms with E-state index >= 15 is 0 Å². The number of pyridine rings is 1. The Balaban J connectivity index is 1.73. The van der Waals surface area contributed by atoms with Gasteiger partial charge in [-0.1, -0.05) is 48.0 Å². The molecular weight excluding hydrogens is 392 g/mol. The van der Waals surface area contributed by atoms with Gasteiger partial charge in [-0.05, 0) is 35.9 Å². The van der Waals surface area contributed by atoms with Crippen molar-refractivity contribution in [3.8, 4) is 5.75 Å². The van der Waals surface area contributed by atoms with Gasteiger partial charge >= 0.3 is 0 Å². The number of fused-ring (bicyclic) bond motifs is 1. The molecule has 0 aliphatic rings. The highest BCUT2D eigenvalue weighted by Crippen LogP contribution is 2.36. The number of thiophene rings is 1. The van der Waals surface area contributed by atoms with Gasteiger partial charge in [-0.15, -0.1) is 11.3 Å². The first-order chi connectivity index (χ1) is 13.7. The molecule has 6 heteroatoms. The first kappa shape index (κ1) is 18.5. The predicted molar refractivity (Wildman–Crippen MR) is 115 cm³/mol. The number of benzene rings is 2. The van der Waals surface area contributed by atoms with Crippen molar-refractivity contribution in [2.24, 2.45) is 0 Å². The average molecular weight is 409 g/mol. The smallest absolute Gasteiger partial charge is 0.271 e. The number of methoxy groups -OCH3 is 1. The molecule has 1 amide bonds. The van der Waals surface area contributed by atoms with Gasteiger partial charge in [0.2, 0.25) is 0 Å². The summed E-state index contributed by atoms with van der Waals surface area (Å²) in [6, 6.07) is 20.9. The highest BCUT2D eigenvalue weighted by Gasteiger charge is 2.24. The van der Waals surface area contributed by atoms with E-state index in [9.17, 15) is 4.79 Å². The van der Waals surface area contributed by atoms with Gasteiger partial charge in [-0.3, -0.25) is 9.69 Å². The number of carbonyl (C=O) groups excluding carboxylic acids is 1. The molecule has 0 N–H and O–H groups in total. The number of aromatic nitrogens is 1. The van der Waals surface area contributed by atoms with Crippen LogP contribution in [0.25, 0.3) is 10.1 Å². The molecule has 0 aliphatic carbocycles. The molecule has 0 atom stereocenters. The summed E-state index contributed by atoms with van der Waals surface area (Å²) in [6.07, 6.45) is 1.68. The fourth-order valence-corrected chi connectivity index (χ4v) is 4.42. The molecule has 2 aromatic heterocycles. The fraction of sp³-hybridized carbons (Fsp3) is 0.0909. The molecule has 140 valence electrons. The molecule has 2 heterocycles. The average Bonchev–Trinajstić information content (AvgIpc) is 3.09. The number of rotatable bonds is 5. The molecule has 0 saturated heterocycles. The maximum atomic E-state index is 13.5. The number of carbonyl (C=O) groups is 1. The third kappa shape index (κ3) is 3.59. The van der Waals surface area contributed by atoms with Crippen LogP contribution >= 0.6 is 22.9 Å². The van der Waals surface area contributed by atoms with Crippen LogP contribution in [0.5, 0.6) is 5.75 Å². The number of anilines is 1. The van der Waals surface area contributed by atoms with Crippen LogP contribution in [0.15, 0.2) is 72.9 Å². The lowest BCUT2D eigenvalue weighted by Gasteiger charge is -2.21. The van der Waals surface area contributed by atoms with Gasteiger partial charge in [0, 0.05) is 16.3 Å². The first-order valence-electron chi connectivity index (χ1n) is 8.70. The van der Waals surface area contributed by atoms with Crippen LogP contribution in [0, 0.1) is 0 Å². The highest BCUT2D eigenvalue weighted by atomic mass is 35.5. The Kier molecular flexibility index (Phi) is 5.28. The summed E-state index contributed by atoms with van der Waals surface area (Å²) in [5.74, 6) is 1.18. The number of halogens is 1. The third-order valence-electron chi connectivity index (χ3n) is 4.40. The molecule has 0 aliphatic heterocycles. The summed E-state index contributed by atoms with van der Waals surface area (Å²) in [6.45, 7) is 0.379. The van der Waals surface area contributed by atoms with Crippen molar-refractivity contribution in [2.75, 3.05) is 12.0 Å². The lowest BCUT2D eigenvalue weighted by Crippen LogP contribution is -2.30. The standard InChI is InChI=1S/C22H17ClN2O2S/c1-27-16-11-9-15(10-12-16)14-25(19-8-4-5-13-24-19)22(26)21-20(23)17-6-2-3-7-18(17)28-21/h2-13H,14H2,1H3. The number of hydrogen-bond acceptors (Lipinski definition) is 4. The predicted octanol–water partition coefficient (Wildman–Crippen LogP) is 5.81. The zero-order valence-electron chi connectivity index (χ0n) is 15.1. The summed E-state index contributed by atoms with van der Waals surface area (Å²) >= 11 is 7.95. The van der Waals surface area contributed by atoms with Crippen molar-refractivity contribution >= 4 is 44.7 Å². The number of hydrogen-bond donors (Lipinski definition) is 0. The Labute approximate surface area is 172 Å². The summed E-state index contributed by atoms with van der Waals surface area (Å²) in [4.78, 5) is 20.0. The molecule has 4 rings (SSSR count). The fourth-order valence-electron chi connectivity index (χ4n) is 2.96. The van der Waals surface area contributed by atoms with Gasteiger partial charge in [0.05, 0.1) is 18.7 Å². The lowest BCUT2D eigenvalue weighted by atomic mass is 10.2. The molecular formula is C22H17ClN2O2S. The van der Waals surface area contributed by atoms with Crippen molar-refractivity contribution in [2.45, 2.75) is 6.54 Å². The number of amides is 1. The van der Waals surface area contributed by atoms with Crippen LogP contribution in [0.2, 0.25) is 5.02 Å². The molecule has 2 aromatic carbocycles. The molecule has 28 heavy (non-hydrogen) atoms. The van der Waals surface area contributed by atoms with Crippen molar-refractivity contribution in [1.29, 1.82) is 0 Å². The summed E-state index contributed by atoms with van der Waals surface area (Å²) in [7, 11) is 1.63. The minimum absolute atomic E-state index is 0.166. The Morgan fingerprint density at radius 3 is 2.50 bits per heavy atom. The van der Waals surface area contributed by atoms with Crippen molar-refractivity contribution < 1.29 is 9.53 Å². The quantitative estimate of drug-likeness (QED) is 0.418. The van der Waals surface area contributed by atoms with Crippen molar-refractivity contribution in [3.05, 3.63) is 88.4 Å². The Morgan fingerprint density at radius 2 is 1.82 bits per heavy atom. The van der Waals surface area contributed by atoms with E-state index in [4.69, 9.17) is 16.3 Å². The monoisotopic (exact) mass is 408 g/mol. The van der Waals surface area contributed by atoms with Crippen molar-refractivity contribution in [1.82, 2.24) is 4.98 Å². The van der Waals surface area contributed by atoms with Gasteiger partial charge in [0.1, 0.15) is 16.4 Å². The molecule has 4 nitrogen and oxygen atoms in total. The topological polar surface area (TPSA) is 42.4 Å². The Bertz CT molecular complexity index is 1110. The molecule has 0 saturated carbocycles. The molecule has 0 radical (unpaired) electrons. The number of nitrogens with zero attached hydrogens (tertiary/aromatic N) is 2. The molecule has 0 spiro atoms. The maximum absolute atomic E-state index is 13.5. The normalized spacial score (nSPS) is 10.8. The van der Waals surface area contributed by atoms with Gasteiger partial charge in [0.25, 0.3) is 5.91 Å². The van der Waals surface area contributed by atoms with Gasteiger partial charge < -0.3 is 4.74 Å². The van der Waals surface area contributed by atoms with Crippen LogP contribution in [0.1, 0.15) is 15.2 Å². The second-order valence-corrected chi connectivity index (χ2v) is 7.60. The van der Waals surface area contributed by atoms with Crippen LogP contribution < -0.4 is 9.64 Å². The highest BCUT2D eigenvalue weighted by molar-refractivity contribution is 7.21. The summed E-state index contributed by atoms with van der Waals surface area (Å²) in [5.41, 5.74) is 0.969. The van der Waals surface area contributed by atoms with E-state index in [1.165, 1.54) is 11.3 Å². The molecule has 0 unspecified atom stereocenters. The van der Waals surface area contributed by atoms with E-state index in [2.05, 4.69) is 4.98 Å². The van der Waals surface area contributed by atoms with Gasteiger partial charge in [0.15, 0.2) is 0 Å². The van der Waals surface area contributed by atoms with Crippen molar-refractivity contribution in [3.63, 3.8) is 0 Å². The maximum Gasteiger partial charge on any atom is 0.271 e. The Hall–Kier alpha value is -2.89. The Morgan fingerprint density at radius 1 is 1.07 bits per heavy atom. The summed E-state index contributed by atoms with van der Waals surface area (Å²) in [5, 5.41) is 1.38. The second-order valence-electron chi connectivity index (χ2n) is 6.17. The molecule has 0 fully saturated rings. The van der Waals surface area contributed by atoms with Gasteiger partial charge in [-0.2, -0.15) is 0 Å². The van der Waals surface area contributed by atoms with E-state index in [0.717, 1.165) is 21.4 Å². The van der Waals surface area contributed by atoms with E-state index in [1.54, 1.807) is 18.2 Å². The minimum Gasteiger partial charge on any atom is -0.497 e. The third-order valence-corrected chi connectivity index (χ3v) is 6.06. The zero-order valence-corrected chi connectivity index (χ0v) is 16.7.